The summed E-state index contributed by atoms with van der Waals surface area (Å²) in [5, 5.41) is 0. The Balaban J connectivity index is 1.91. The van der Waals surface area contributed by atoms with Gasteiger partial charge in [0.1, 0.15) is 11.9 Å². The molecule has 0 saturated carbocycles. The fourth-order valence-corrected chi connectivity index (χ4v) is 3.11. The highest BCUT2D eigenvalue weighted by molar-refractivity contribution is 5.67. The van der Waals surface area contributed by atoms with Crippen molar-refractivity contribution in [2.75, 3.05) is 6.61 Å². The number of hydrogen-bond acceptors (Lipinski definition) is 3. The molecule has 1 atom stereocenters. The van der Waals surface area contributed by atoms with Crippen molar-refractivity contribution in [2.45, 2.75) is 32.3 Å². The van der Waals surface area contributed by atoms with Crippen LogP contribution in [0.2, 0.25) is 0 Å². The van der Waals surface area contributed by atoms with Crippen LogP contribution in [-0.2, 0) is 11.2 Å². The van der Waals surface area contributed by atoms with Gasteiger partial charge in [-0.2, -0.15) is 0 Å². The van der Waals surface area contributed by atoms with Gasteiger partial charge in [-0.3, -0.25) is 0 Å². The standard InChI is InChI=1S/C19H21NO3/c1-2-22-16-10-8-13(9-11-16)15-7-6-14-4-3-5-18(17(14)12-15)23-19(20)21/h6-12,18H,2-5H2,1H3,(H2,20,21). The molecule has 0 aromatic heterocycles. The molecule has 1 amide bonds. The molecule has 120 valence electrons. The summed E-state index contributed by atoms with van der Waals surface area (Å²) < 4.78 is 10.8. The molecular formula is C19H21NO3. The number of primary amides is 1. The maximum absolute atomic E-state index is 11.1. The molecule has 2 aromatic carbocycles. The molecule has 0 heterocycles. The third-order valence-electron chi connectivity index (χ3n) is 4.16. The van der Waals surface area contributed by atoms with Crippen molar-refractivity contribution in [1.29, 1.82) is 0 Å². The normalized spacial score (nSPS) is 16.5. The van der Waals surface area contributed by atoms with Gasteiger partial charge in [0.05, 0.1) is 6.61 Å². The minimum atomic E-state index is -0.714. The van der Waals surface area contributed by atoms with E-state index >= 15 is 0 Å². The van der Waals surface area contributed by atoms with Crippen LogP contribution in [0.5, 0.6) is 5.75 Å². The molecule has 2 aromatic rings. The smallest absolute Gasteiger partial charge is 0.405 e. The highest BCUT2D eigenvalue weighted by Crippen LogP contribution is 2.35. The molecule has 2 N–H and O–H groups in total. The lowest BCUT2D eigenvalue weighted by Crippen LogP contribution is -2.20. The second kappa shape index (κ2) is 6.73. The summed E-state index contributed by atoms with van der Waals surface area (Å²) in [4.78, 5) is 11.1. The maximum Gasteiger partial charge on any atom is 0.405 e. The fourth-order valence-electron chi connectivity index (χ4n) is 3.11. The van der Waals surface area contributed by atoms with Gasteiger partial charge in [0.2, 0.25) is 0 Å². The van der Waals surface area contributed by atoms with Gasteiger partial charge in [0, 0.05) is 0 Å². The molecule has 23 heavy (non-hydrogen) atoms. The molecule has 4 nitrogen and oxygen atoms in total. The van der Waals surface area contributed by atoms with E-state index in [0.717, 1.165) is 41.7 Å². The Morgan fingerprint density at radius 2 is 1.91 bits per heavy atom. The van der Waals surface area contributed by atoms with Gasteiger partial charge in [-0.25, -0.2) is 4.79 Å². The van der Waals surface area contributed by atoms with Gasteiger partial charge in [-0.05, 0) is 66.6 Å². The van der Waals surface area contributed by atoms with Gasteiger partial charge in [-0.15, -0.1) is 0 Å². The molecule has 3 rings (SSSR count). The van der Waals surface area contributed by atoms with Crippen LogP contribution in [0.3, 0.4) is 0 Å². The Kier molecular flexibility index (Phi) is 4.51. The molecule has 0 bridgehead atoms. The van der Waals surface area contributed by atoms with Crippen molar-refractivity contribution in [2.24, 2.45) is 5.73 Å². The number of nitrogens with two attached hydrogens (primary N) is 1. The second-order valence-electron chi connectivity index (χ2n) is 5.69. The van der Waals surface area contributed by atoms with Crippen LogP contribution in [0.4, 0.5) is 4.79 Å². The van der Waals surface area contributed by atoms with Crippen molar-refractivity contribution in [1.82, 2.24) is 0 Å². The van der Waals surface area contributed by atoms with Crippen LogP contribution in [0.1, 0.15) is 37.0 Å². The fraction of sp³-hybridized carbons (Fsp3) is 0.316. The Morgan fingerprint density at radius 1 is 1.17 bits per heavy atom. The Hall–Kier alpha value is -2.49. The summed E-state index contributed by atoms with van der Waals surface area (Å²) in [6, 6.07) is 14.4. The van der Waals surface area contributed by atoms with Gasteiger partial charge < -0.3 is 15.2 Å². The van der Waals surface area contributed by atoms with E-state index in [2.05, 4.69) is 18.2 Å². The van der Waals surface area contributed by atoms with Crippen LogP contribution in [0.15, 0.2) is 42.5 Å². The van der Waals surface area contributed by atoms with E-state index in [-0.39, 0.29) is 6.10 Å². The van der Waals surface area contributed by atoms with Crippen molar-refractivity contribution < 1.29 is 14.3 Å². The van der Waals surface area contributed by atoms with E-state index in [1.54, 1.807) is 0 Å². The van der Waals surface area contributed by atoms with Crippen molar-refractivity contribution in [3.8, 4) is 16.9 Å². The zero-order valence-electron chi connectivity index (χ0n) is 13.2. The first-order chi connectivity index (χ1) is 11.2. The number of fused-ring (bicyclic) bond motifs is 1. The second-order valence-corrected chi connectivity index (χ2v) is 5.69. The van der Waals surface area contributed by atoms with E-state index in [1.165, 1.54) is 5.56 Å². The van der Waals surface area contributed by atoms with Crippen LogP contribution in [-0.4, -0.2) is 12.7 Å². The quantitative estimate of drug-likeness (QED) is 0.919. The summed E-state index contributed by atoms with van der Waals surface area (Å²) in [5.41, 5.74) is 9.72. The largest absolute Gasteiger partial charge is 0.494 e. The number of carbonyl (C=O) groups is 1. The first kappa shape index (κ1) is 15.4. The van der Waals surface area contributed by atoms with Crippen LogP contribution >= 0.6 is 0 Å². The third kappa shape index (κ3) is 3.47. The van der Waals surface area contributed by atoms with E-state index < -0.39 is 6.09 Å². The number of amides is 1. The summed E-state index contributed by atoms with van der Waals surface area (Å²) in [7, 11) is 0. The van der Waals surface area contributed by atoms with Crippen molar-refractivity contribution >= 4 is 6.09 Å². The summed E-state index contributed by atoms with van der Waals surface area (Å²) in [6.45, 7) is 2.63. The van der Waals surface area contributed by atoms with Crippen LogP contribution < -0.4 is 10.5 Å². The molecule has 0 fully saturated rings. The molecule has 0 radical (unpaired) electrons. The topological polar surface area (TPSA) is 61.6 Å². The predicted molar refractivity (Wildman–Crippen MR) is 89.4 cm³/mol. The lowest BCUT2D eigenvalue weighted by atomic mass is 9.87. The number of benzene rings is 2. The highest BCUT2D eigenvalue weighted by atomic mass is 16.6. The predicted octanol–water partition coefficient (Wildman–Crippen LogP) is 4.23. The lowest BCUT2D eigenvalue weighted by Gasteiger charge is -2.25. The third-order valence-corrected chi connectivity index (χ3v) is 4.16. The summed E-state index contributed by atoms with van der Waals surface area (Å²) >= 11 is 0. The SMILES string of the molecule is CCOc1ccc(-c2ccc3c(c2)C(OC(N)=O)CCC3)cc1. The van der Waals surface area contributed by atoms with Crippen molar-refractivity contribution in [3.05, 3.63) is 53.6 Å². The molecule has 0 spiro atoms. The Bertz CT molecular complexity index is 694. The zero-order chi connectivity index (χ0) is 16.2. The van der Waals surface area contributed by atoms with E-state index in [4.69, 9.17) is 15.2 Å². The Labute approximate surface area is 136 Å². The highest BCUT2D eigenvalue weighted by Gasteiger charge is 2.23. The maximum atomic E-state index is 11.1. The molecule has 1 aliphatic carbocycles. The molecule has 1 unspecified atom stereocenters. The van der Waals surface area contributed by atoms with Gasteiger partial charge in [0.25, 0.3) is 0 Å². The Morgan fingerprint density at radius 3 is 2.61 bits per heavy atom. The summed E-state index contributed by atoms with van der Waals surface area (Å²) in [6.07, 6.45) is 1.89. The number of rotatable bonds is 4. The van der Waals surface area contributed by atoms with E-state index in [9.17, 15) is 4.79 Å². The minimum absolute atomic E-state index is 0.237. The molecule has 0 saturated heterocycles. The van der Waals surface area contributed by atoms with E-state index in [1.807, 2.05) is 31.2 Å². The lowest BCUT2D eigenvalue weighted by molar-refractivity contribution is 0.0959. The average Bonchev–Trinajstić information content (AvgIpc) is 2.55. The number of carbonyl (C=O) groups excluding carboxylic acids is 1. The van der Waals surface area contributed by atoms with Gasteiger partial charge >= 0.3 is 6.09 Å². The number of ether oxygens (including phenoxy) is 2. The van der Waals surface area contributed by atoms with E-state index in [0.29, 0.717) is 6.61 Å². The molecule has 1 aliphatic rings. The van der Waals surface area contributed by atoms with Crippen molar-refractivity contribution in [3.63, 3.8) is 0 Å². The summed E-state index contributed by atoms with van der Waals surface area (Å²) in [5.74, 6) is 0.865. The van der Waals surface area contributed by atoms with Crippen LogP contribution in [0.25, 0.3) is 11.1 Å². The number of hydrogen-bond donors (Lipinski definition) is 1. The van der Waals surface area contributed by atoms with Gasteiger partial charge in [0.15, 0.2) is 0 Å². The average molecular weight is 311 g/mol. The molecular weight excluding hydrogens is 290 g/mol. The first-order valence-corrected chi connectivity index (χ1v) is 7.99. The zero-order valence-corrected chi connectivity index (χ0v) is 13.2. The molecule has 4 heteroatoms. The molecule has 0 aliphatic heterocycles. The first-order valence-electron chi connectivity index (χ1n) is 7.99. The monoisotopic (exact) mass is 311 g/mol. The van der Waals surface area contributed by atoms with Gasteiger partial charge in [-0.1, -0.05) is 24.3 Å². The minimum Gasteiger partial charge on any atom is -0.494 e. The number of aryl methyl sites for hydroxylation is 1. The van der Waals surface area contributed by atoms with Crippen LogP contribution in [0, 0.1) is 0 Å².